The SMILES string of the molecule is COc1cc(N)c(Cl)cc1C(=O)NC1CC(c2ccccc2)C1. The van der Waals surface area contributed by atoms with Gasteiger partial charge in [-0.25, -0.2) is 0 Å². The number of benzene rings is 2. The van der Waals surface area contributed by atoms with E-state index in [9.17, 15) is 4.79 Å². The lowest BCUT2D eigenvalue weighted by Gasteiger charge is -2.36. The first-order valence-electron chi connectivity index (χ1n) is 7.57. The minimum absolute atomic E-state index is 0.175. The number of carbonyl (C=O) groups is 1. The molecule has 3 rings (SSSR count). The Bertz CT molecular complexity index is 712. The van der Waals surface area contributed by atoms with Crippen LogP contribution in [-0.2, 0) is 0 Å². The van der Waals surface area contributed by atoms with Crippen LogP contribution in [0.5, 0.6) is 5.75 Å². The quantitative estimate of drug-likeness (QED) is 0.842. The highest BCUT2D eigenvalue weighted by atomic mass is 35.5. The van der Waals surface area contributed by atoms with Crippen LogP contribution < -0.4 is 15.8 Å². The zero-order valence-corrected chi connectivity index (χ0v) is 13.6. The van der Waals surface area contributed by atoms with E-state index in [2.05, 4.69) is 17.4 Å². The van der Waals surface area contributed by atoms with Gasteiger partial charge >= 0.3 is 0 Å². The highest BCUT2D eigenvalue weighted by Gasteiger charge is 2.32. The number of ether oxygens (including phenoxy) is 1. The number of hydrogen-bond donors (Lipinski definition) is 2. The van der Waals surface area contributed by atoms with Crippen LogP contribution in [0.4, 0.5) is 5.69 Å². The van der Waals surface area contributed by atoms with Crippen LogP contribution in [0.1, 0.15) is 34.7 Å². The summed E-state index contributed by atoms with van der Waals surface area (Å²) in [6.07, 6.45) is 1.89. The average molecular weight is 331 g/mol. The topological polar surface area (TPSA) is 64.3 Å². The van der Waals surface area contributed by atoms with Crippen molar-refractivity contribution in [1.29, 1.82) is 0 Å². The van der Waals surface area contributed by atoms with Gasteiger partial charge in [-0.15, -0.1) is 0 Å². The van der Waals surface area contributed by atoms with Crippen molar-refractivity contribution >= 4 is 23.2 Å². The van der Waals surface area contributed by atoms with Gasteiger partial charge in [-0.2, -0.15) is 0 Å². The standard InChI is InChI=1S/C18H19ClN2O2/c1-23-17-10-16(20)15(19)9-14(17)18(22)21-13-7-12(8-13)11-5-3-2-4-6-11/h2-6,9-10,12-13H,7-8,20H2,1H3,(H,21,22). The van der Waals surface area contributed by atoms with Crippen molar-refractivity contribution in [2.75, 3.05) is 12.8 Å². The predicted octanol–water partition coefficient (Wildman–Crippen LogP) is 3.61. The average Bonchev–Trinajstić information content (AvgIpc) is 2.53. The monoisotopic (exact) mass is 330 g/mol. The molecule has 2 aromatic carbocycles. The van der Waals surface area contributed by atoms with E-state index in [4.69, 9.17) is 22.1 Å². The van der Waals surface area contributed by atoms with Gasteiger partial charge < -0.3 is 15.8 Å². The van der Waals surface area contributed by atoms with Gasteiger partial charge in [-0.3, -0.25) is 4.79 Å². The zero-order valence-electron chi connectivity index (χ0n) is 12.9. The molecule has 3 N–H and O–H groups in total. The van der Waals surface area contributed by atoms with Crippen LogP contribution in [0.25, 0.3) is 0 Å². The van der Waals surface area contributed by atoms with Gasteiger partial charge in [0.2, 0.25) is 0 Å². The van der Waals surface area contributed by atoms with Gasteiger partial charge in [0.1, 0.15) is 5.75 Å². The predicted molar refractivity (Wildman–Crippen MR) is 92.1 cm³/mol. The van der Waals surface area contributed by atoms with Crippen molar-refractivity contribution < 1.29 is 9.53 Å². The summed E-state index contributed by atoms with van der Waals surface area (Å²) in [5.41, 5.74) is 7.88. The lowest BCUT2D eigenvalue weighted by molar-refractivity contribution is 0.0906. The molecular weight excluding hydrogens is 312 g/mol. The Morgan fingerprint density at radius 1 is 1.26 bits per heavy atom. The molecule has 1 aliphatic carbocycles. The molecule has 0 bridgehead atoms. The molecule has 1 amide bonds. The van der Waals surface area contributed by atoms with Crippen molar-refractivity contribution in [3.05, 3.63) is 58.6 Å². The Hall–Kier alpha value is -2.20. The molecular formula is C18H19ClN2O2. The first-order chi connectivity index (χ1) is 11.1. The maximum Gasteiger partial charge on any atom is 0.255 e. The summed E-state index contributed by atoms with van der Waals surface area (Å²) in [5, 5.41) is 3.39. The molecule has 4 nitrogen and oxygen atoms in total. The number of hydrogen-bond acceptors (Lipinski definition) is 3. The smallest absolute Gasteiger partial charge is 0.255 e. The number of rotatable bonds is 4. The molecule has 5 heteroatoms. The third kappa shape index (κ3) is 3.27. The molecule has 2 aromatic rings. The Morgan fingerprint density at radius 3 is 2.61 bits per heavy atom. The van der Waals surface area contributed by atoms with E-state index in [1.54, 1.807) is 12.1 Å². The molecule has 0 atom stereocenters. The number of nitrogens with two attached hydrogens (primary N) is 1. The minimum Gasteiger partial charge on any atom is -0.496 e. The Kier molecular flexibility index (Phi) is 4.44. The molecule has 1 saturated carbocycles. The summed E-state index contributed by atoms with van der Waals surface area (Å²) in [6.45, 7) is 0. The van der Waals surface area contributed by atoms with E-state index in [0.29, 0.717) is 27.9 Å². The normalized spacial score (nSPS) is 19.7. The van der Waals surface area contributed by atoms with Crippen LogP contribution >= 0.6 is 11.6 Å². The van der Waals surface area contributed by atoms with Crippen LogP contribution in [0.2, 0.25) is 5.02 Å². The summed E-state index contributed by atoms with van der Waals surface area (Å²) in [6, 6.07) is 13.7. The molecule has 0 radical (unpaired) electrons. The van der Waals surface area contributed by atoms with Crippen LogP contribution in [0.3, 0.4) is 0 Å². The second kappa shape index (κ2) is 6.50. The highest BCUT2D eigenvalue weighted by molar-refractivity contribution is 6.33. The van der Waals surface area contributed by atoms with E-state index < -0.39 is 0 Å². The summed E-state index contributed by atoms with van der Waals surface area (Å²) < 4.78 is 5.23. The maximum atomic E-state index is 12.4. The maximum absolute atomic E-state index is 12.4. The first kappa shape index (κ1) is 15.7. The molecule has 0 saturated heterocycles. The third-order valence-electron chi connectivity index (χ3n) is 4.31. The molecule has 120 valence electrons. The molecule has 0 aromatic heterocycles. The summed E-state index contributed by atoms with van der Waals surface area (Å²) in [4.78, 5) is 12.4. The van der Waals surface area contributed by atoms with Crippen LogP contribution in [-0.4, -0.2) is 19.1 Å². The summed E-state index contributed by atoms with van der Waals surface area (Å²) in [5.74, 6) is 0.766. The van der Waals surface area contributed by atoms with E-state index in [0.717, 1.165) is 12.8 Å². The van der Waals surface area contributed by atoms with E-state index in [1.165, 1.54) is 12.7 Å². The number of halogens is 1. The summed E-state index contributed by atoms with van der Waals surface area (Å²) in [7, 11) is 1.51. The van der Waals surface area contributed by atoms with E-state index in [-0.39, 0.29) is 11.9 Å². The molecule has 23 heavy (non-hydrogen) atoms. The van der Waals surface area contributed by atoms with E-state index in [1.807, 2.05) is 18.2 Å². The van der Waals surface area contributed by atoms with E-state index >= 15 is 0 Å². The number of nitrogens with one attached hydrogen (secondary N) is 1. The second-order valence-electron chi connectivity index (χ2n) is 5.82. The number of methoxy groups -OCH3 is 1. The minimum atomic E-state index is -0.180. The molecule has 0 heterocycles. The summed E-state index contributed by atoms with van der Waals surface area (Å²) >= 11 is 6.01. The van der Waals surface area contributed by atoms with Gasteiger partial charge in [-0.05, 0) is 30.4 Å². The molecule has 0 spiro atoms. The lowest BCUT2D eigenvalue weighted by Crippen LogP contribution is -2.43. The molecule has 1 aliphatic rings. The van der Waals surface area contributed by atoms with Crippen molar-refractivity contribution in [3.8, 4) is 5.75 Å². The molecule has 0 unspecified atom stereocenters. The van der Waals surface area contributed by atoms with Crippen molar-refractivity contribution in [1.82, 2.24) is 5.32 Å². The number of carbonyl (C=O) groups excluding carboxylic acids is 1. The van der Waals surface area contributed by atoms with Gasteiger partial charge in [0, 0.05) is 12.1 Å². The first-order valence-corrected chi connectivity index (χ1v) is 7.95. The number of amides is 1. The Balaban J connectivity index is 1.64. The molecule has 0 aliphatic heterocycles. The second-order valence-corrected chi connectivity index (χ2v) is 6.23. The highest BCUT2D eigenvalue weighted by Crippen LogP contribution is 2.37. The van der Waals surface area contributed by atoms with Crippen LogP contribution in [0, 0.1) is 0 Å². The molecule has 1 fully saturated rings. The fourth-order valence-electron chi connectivity index (χ4n) is 2.91. The Morgan fingerprint density at radius 2 is 1.96 bits per heavy atom. The lowest BCUT2D eigenvalue weighted by atomic mass is 9.76. The van der Waals surface area contributed by atoms with Gasteiger partial charge in [0.25, 0.3) is 5.91 Å². The fourth-order valence-corrected chi connectivity index (χ4v) is 3.08. The largest absolute Gasteiger partial charge is 0.496 e. The Labute approximate surface area is 140 Å². The van der Waals surface area contributed by atoms with Gasteiger partial charge in [0.05, 0.1) is 23.4 Å². The fraction of sp³-hybridized carbons (Fsp3) is 0.278. The van der Waals surface area contributed by atoms with Crippen molar-refractivity contribution in [2.45, 2.75) is 24.8 Å². The van der Waals surface area contributed by atoms with Crippen LogP contribution in [0.15, 0.2) is 42.5 Å². The zero-order chi connectivity index (χ0) is 16.4. The number of anilines is 1. The number of nitrogen functional groups attached to an aromatic ring is 1. The van der Waals surface area contributed by atoms with Gasteiger partial charge in [0.15, 0.2) is 0 Å². The third-order valence-corrected chi connectivity index (χ3v) is 4.64. The van der Waals surface area contributed by atoms with Crippen molar-refractivity contribution in [3.63, 3.8) is 0 Å². The van der Waals surface area contributed by atoms with Gasteiger partial charge in [-0.1, -0.05) is 41.9 Å². The van der Waals surface area contributed by atoms with Crippen molar-refractivity contribution in [2.24, 2.45) is 0 Å².